The fourth-order valence-electron chi connectivity index (χ4n) is 2.91. The van der Waals surface area contributed by atoms with Gasteiger partial charge in [0.2, 0.25) is 5.89 Å². The van der Waals surface area contributed by atoms with Crippen LogP contribution in [0.15, 0.2) is 77.2 Å². The van der Waals surface area contributed by atoms with Crippen LogP contribution in [0.5, 0.6) is 5.75 Å². The van der Waals surface area contributed by atoms with Crippen molar-refractivity contribution in [2.75, 3.05) is 17.7 Å². The minimum atomic E-state index is -0.411. The molecule has 32 heavy (non-hydrogen) atoms. The lowest BCUT2D eigenvalue weighted by Gasteiger charge is -2.07. The molecule has 0 aliphatic carbocycles. The van der Waals surface area contributed by atoms with E-state index in [1.807, 2.05) is 19.1 Å². The number of anilines is 2. The van der Waals surface area contributed by atoms with Crippen molar-refractivity contribution < 1.29 is 18.7 Å². The van der Waals surface area contributed by atoms with Gasteiger partial charge in [-0.15, -0.1) is 5.10 Å². The molecule has 0 radical (unpaired) electrons. The molecule has 4 rings (SSSR count). The molecule has 0 spiro atoms. The smallest absolute Gasteiger partial charge is 0.322 e. The van der Waals surface area contributed by atoms with Crippen LogP contribution in [0, 0.1) is 6.92 Å². The molecule has 2 amide bonds. The van der Waals surface area contributed by atoms with E-state index in [0.29, 0.717) is 28.1 Å². The lowest BCUT2D eigenvalue weighted by molar-refractivity contribution is 0.101. The van der Waals surface area contributed by atoms with Gasteiger partial charge in [-0.2, -0.15) is 0 Å². The lowest BCUT2D eigenvalue weighted by atomic mass is 10.1. The topological polar surface area (TPSA) is 106 Å². The first kappa shape index (κ1) is 20.8. The van der Waals surface area contributed by atoms with Crippen molar-refractivity contribution in [1.82, 2.24) is 10.2 Å². The van der Waals surface area contributed by atoms with Crippen molar-refractivity contribution in [3.8, 4) is 17.2 Å². The van der Waals surface area contributed by atoms with E-state index in [2.05, 4.69) is 20.8 Å². The number of benzene rings is 3. The molecule has 160 valence electrons. The van der Waals surface area contributed by atoms with Crippen molar-refractivity contribution in [1.29, 1.82) is 0 Å². The second-order valence-electron chi connectivity index (χ2n) is 6.99. The number of ether oxygens (including phenoxy) is 1. The largest absolute Gasteiger partial charge is 0.497 e. The van der Waals surface area contributed by atoms with E-state index >= 15 is 0 Å². The monoisotopic (exact) mass is 428 g/mol. The van der Waals surface area contributed by atoms with Crippen molar-refractivity contribution in [2.24, 2.45) is 0 Å². The summed E-state index contributed by atoms with van der Waals surface area (Å²) in [5, 5.41) is 13.2. The van der Waals surface area contributed by atoms with Crippen molar-refractivity contribution >= 4 is 23.5 Å². The summed E-state index contributed by atoms with van der Waals surface area (Å²) in [7, 11) is 1.58. The fraction of sp³-hybridized carbons (Fsp3) is 0.0833. The summed E-state index contributed by atoms with van der Waals surface area (Å²) in [4.78, 5) is 24.8. The van der Waals surface area contributed by atoms with Crippen molar-refractivity contribution in [3.05, 3.63) is 89.5 Å². The molecule has 8 nitrogen and oxygen atoms in total. The summed E-state index contributed by atoms with van der Waals surface area (Å²) in [6.45, 7) is 1.96. The summed E-state index contributed by atoms with van der Waals surface area (Å²) in [5.74, 6) is 0.350. The SMILES string of the molecule is COc1ccc(-c2nnc(NC(=O)c3ccc(NC(=O)c4ccc(C)cc4)cc3)o2)cc1. The van der Waals surface area contributed by atoms with Crippen LogP contribution in [0.25, 0.3) is 11.5 Å². The zero-order valence-electron chi connectivity index (χ0n) is 17.5. The van der Waals surface area contributed by atoms with Crippen LogP contribution < -0.4 is 15.4 Å². The average molecular weight is 428 g/mol. The Morgan fingerprint density at radius 2 is 1.38 bits per heavy atom. The Bertz CT molecular complexity index is 1230. The van der Waals surface area contributed by atoms with Crippen LogP contribution in [-0.4, -0.2) is 29.1 Å². The number of nitrogens with zero attached hydrogens (tertiary/aromatic N) is 2. The predicted molar refractivity (Wildman–Crippen MR) is 120 cm³/mol. The van der Waals surface area contributed by atoms with Gasteiger partial charge in [-0.05, 0) is 67.6 Å². The molecule has 0 saturated carbocycles. The van der Waals surface area contributed by atoms with E-state index in [1.54, 1.807) is 67.8 Å². The molecule has 4 aromatic rings. The highest BCUT2D eigenvalue weighted by atomic mass is 16.5. The predicted octanol–water partition coefficient (Wildman–Crippen LogP) is 4.56. The minimum Gasteiger partial charge on any atom is -0.497 e. The van der Waals surface area contributed by atoms with Gasteiger partial charge in [0.15, 0.2) is 0 Å². The number of hydrogen-bond acceptors (Lipinski definition) is 6. The minimum absolute atomic E-state index is 0.0161. The summed E-state index contributed by atoms with van der Waals surface area (Å²) in [6, 6.07) is 20.9. The van der Waals surface area contributed by atoms with Crippen LogP contribution in [0.4, 0.5) is 11.7 Å². The maximum atomic E-state index is 12.5. The summed E-state index contributed by atoms with van der Waals surface area (Å²) in [6.07, 6.45) is 0. The number of carbonyl (C=O) groups is 2. The third-order valence-electron chi connectivity index (χ3n) is 4.70. The maximum absolute atomic E-state index is 12.5. The molecule has 3 aromatic carbocycles. The van der Waals surface area contributed by atoms with Crippen LogP contribution in [0.1, 0.15) is 26.3 Å². The Morgan fingerprint density at radius 3 is 2.00 bits per heavy atom. The molecule has 0 atom stereocenters. The Morgan fingerprint density at radius 1 is 0.781 bits per heavy atom. The van der Waals surface area contributed by atoms with Gasteiger partial charge in [-0.1, -0.05) is 22.8 Å². The van der Waals surface area contributed by atoms with Gasteiger partial charge in [-0.3, -0.25) is 14.9 Å². The van der Waals surface area contributed by atoms with Crippen LogP contribution in [-0.2, 0) is 0 Å². The number of nitrogens with one attached hydrogen (secondary N) is 2. The quantitative estimate of drug-likeness (QED) is 0.466. The lowest BCUT2D eigenvalue weighted by Crippen LogP contribution is -2.14. The van der Waals surface area contributed by atoms with Crippen molar-refractivity contribution in [3.63, 3.8) is 0 Å². The first-order valence-corrected chi connectivity index (χ1v) is 9.79. The molecule has 0 saturated heterocycles. The highest BCUT2D eigenvalue weighted by Gasteiger charge is 2.13. The summed E-state index contributed by atoms with van der Waals surface area (Å²) < 4.78 is 10.6. The molecule has 2 N–H and O–H groups in total. The molecule has 1 heterocycles. The molecule has 0 aliphatic heterocycles. The standard InChI is InChI=1S/C24H20N4O4/c1-15-3-5-16(6-4-15)21(29)25-19-11-7-17(8-12-19)22(30)26-24-28-27-23(32-24)18-9-13-20(31-2)14-10-18/h3-14H,1-2H3,(H,25,29)(H,26,28,30). The summed E-state index contributed by atoms with van der Waals surface area (Å²) >= 11 is 0. The zero-order valence-corrected chi connectivity index (χ0v) is 17.5. The Labute approximate surface area is 184 Å². The van der Waals surface area contributed by atoms with Gasteiger partial charge in [-0.25, -0.2) is 0 Å². The highest BCUT2D eigenvalue weighted by Crippen LogP contribution is 2.23. The van der Waals surface area contributed by atoms with E-state index in [0.717, 1.165) is 5.56 Å². The average Bonchev–Trinajstić information content (AvgIpc) is 3.28. The number of aryl methyl sites for hydroxylation is 1. The van der Waals surface area contributed by atoms with Gasteiger partial charge in [0.1, 0.15) is 5.75 Å². The fourth-order valence-corrected chi connectivity index (χ4v) is 2.91. The Kier molecular flexibility index (Phi) is 5.94. The van der Waals surface area contributed by atoms with Crippen LogP contribution in [0.3, 0.4) is 0 Å². The molecule has 0 fully saturated rings. The molecule has 0 bridgehead atoms. The molecule has 0 aliphatic rings. The van der Waals surface area contributed by atoms with Gasteiger partial charge in [0, 0.05) is 22.4 Å². The second kappa shape index (κ2) is 9.13. The first-order chi connectivity index (χ1) is 15.5. The third-order valence-corrected chi connectivity index (χ3v) is 4.70. The third kappa shape index (κ3) is 4.81. The number of rotatable bonds is 6. The molecule has 1 aromatic heterocycles. The van der Waals surface area contributed by atoms with E-state index < -0.39 is 5.91 Å². The van der Waals surface area contributed by atoms with E-state index in [-0.39, 0.29) is 17.8 Å². The van der Waals surface area contributed by atoms with Gasteiger partial charge in [0.25, 0.3) is 11.8 Å². The number of methoxy groups -OCH3 is 1. The number of aromatic nitrogens is 2. The molecule has 8 heteroatoms. The number of carbonyl (C=O) groups excluding carboxylic acids is 2. The maximum Gasteiger partial charge on any atom is 0.322 e. The highest BCUT2D eigenvalue weighted by molar-refractivity contribution is 6.05. The van der Waals surface area contributed by atoms with Crippen LogP contribution >= 0.6 is 0 Å². The number of hydrogen-bond donors (Lipinski definition) is 2. The van der Waals surface area contributed by atoms with Gasteiger partial charge < -0.3 is 14.5 Å². The van der Waals surface area contributed by atoms with E-state index in [4.69, 9.17) is 9.15 Å². The normalized spacial score (nSPS) is 10.4. The van der Waals surface area contributed by atoms with E-state index in [1.165, 1.54) is 0 Å². The Hall–Kier alpha value is -4.46. The zero-order chi connectivity index (χ0) is 22.5. The van der Waals surface area contributed by atoms with E-state index in [9.17, 15) is 9.59 Å². The van der Waals surface area contributed by atoms with Crippen LogP contribution in [0.2, 0.25) is 0 Å². The Balaban J connectivity index is 1.38. The molecular weight excluding hydrogens is 408 g/mol. The number of amides is 2. The first-order valence-electron chi connectivity index (χ1n) is 9.79. The van der Waals surface area contributed by atoms with Crippen molar-refractivity contribution in [2.45, 2.75) is 6.92 Å². The molecule has 0 unspecified atom stereocenters. The second-order valence-corrected chi connectivity index (χ2v) is 6.99. The van der Waals surface area contributed by atoms with Gasteiger partial charge in [0.05, 0.1) is 7.11 Å². The molecular formula is C24H20N4O4. The van der Waals surface area contributed by atoms with Gasteiger partial charge >= 0.3 is 6.01 Å². The summed E-state index contributed by atoms with van der Waals surface area (Å²) in [5.41, 5.74) is 3.29.